The number of carbonyl (C=O) groups excluding carboxylic acids is 1. The van der Waals surface area contributed by atoms with Crippen LogP contribution >= 0.6 is 0 Å². The van der Waals surface area contributed by atoms with E-state index in [1.165, 1.54) is 12.1 Å². The first-order valence-electron chi connectivity index (χ1n) is 8.04. The average molecular weight is 341 g/mol. The Hall–Kier alpha value is -2.94. The van der Waals surface area contributed by atoms with E-state index in [2.05, 4.69) is 0 Å². The Morgan fingerprint density at radius 1 is 1.04 bits per heavy atom. The maximum absolute atomic E-state index is 14.1. The molecule has 1 aliphatic heterocycles. The summed E-state index contributed by atoms with van der Waals surface area (Å²) in [5.41, 5.74) is 1.09. The third kappa shape index (κ3) is 3.77. The van der Waals surface area contributed by atoms with Crippen molar-refractivity contribution in [2.75, 3.05) is 31.1 Å². The van der Waals surface area contributed by atoms with Crippen LogP contribution in [0.4, 0.5) is 14.5 Å². The van der Waals surface area contributed by atoms with Crippen LogP contribution in [0.2, 0.25) is 0 Å². The van der Waals surface area contributed by atoms with E-state index in [4.69, 9.17) is 5.26 Å². The molecule has 0 saturated carbocycles. The third-order valence-corrected chi connectivity index (χ3v) is 4.35. The summed E-state index contributed by atoms with van der Waals surface area (Å²) < 4.78 is 27.8. The van der Waals surface area contributed by atoms with Crippen molar-refractivity contribution < 1.29 is 13.6 Å². The lowest BCUT2D eigenvalue weighted by Crippen LogP contribution is -2.49. The van der Waals surface area contributed by atoms with E-state index in [0.29, 0.717) is 37.4 Å². The molecule has 2 aromatic rings. The van der Waals surface area contributed by atoms with Gasteiger partial charge in [0.1, 0.15) is 11.6 Å². The zero-order valence-corrected chi connectivity index (χ0v) is 13.6. The molecule has 128 valence electrons. The first kappa shape index (κ1) is 16.9. The maximum Gasteiger partial charge on any atom is 0.227 e. The average Bonchev–Trinajstić information content (AvgIpc) is 2.63. The van der Waals surface area contributed by atoms with Crippen LogP contribution in [0.15, 0.2) is 42.5 Å². The number of carbonyl (C=O) groups is 1. The fourth-order valence-corrected chi connectivity index (χ4v) is 2.95. The van der Waals surface area contributed by atoms with E-state index in [9.17, 15) is 13.6 Å². The van der Waals surface area contributed by atoms with E-state index in [1.807, 2.05) is 11.0 Å². The molecule has 0 N–H and O–H groups in total. The summed E-state index contributed by atoms with van der Waals surface area (Å²) in [4.78, 5) is 15.9. The quantitative estimate of drug-likeness (QED) is 0.862. The third-order valence-electron chi connectivity index (χ3n) is 4.35. The second kappa shape index (κ2) is 7.31. The zero-order valence-electron chi connectivity index (χ0n) is 13.6. The Morgan fingerprint density at radius 3 is 2.40 bits per heavy atom. The molecule has 0 unspecified atom stereocenters. The van der Waals surface area contributed by atoms with Crippen LogP contribution in [-0.4, -0.2) is 37.0 Å². The number of nitrogens with zero attached hydrogens (tertiary/aromatic N) is 3. The van der Waals surface area contributed by atoms with Crippen LogP contribution in [0.3, 0.4) is 0 Å². The van der Waals surface area contributed by atoms with Crippen LogP contribution in [0.25, 0.3) is 0 Å². The predicted molar refractivity (Wildman–Crippen MR) is 90.0 cm³/mol. The molecule has 1 saturated heterocycles. The van der Waals surface area contributed by atoms with Gasteiger partial charge < -0.3 is 9.80 Å². The highest BCUT2D eigenvalue weighted by Crippen LogP contribution is 2.22. The number of amides is 1. The van der Waals surface area contributed by atoms with Crippen LogP contribution in [-0.2, 0) is 11.2 Å². The molecule has 0 spiro atoms. The minimum Gasteiger partial charge on any atom is -0.366 e. The maximum atomic E-state index is 14.1. The summed E-state index contributed by atoms with van der Waals surface area (Å²) >= 11 is 0. The van der Waals surface area contributed by atoms with Crippen molar-refractivity contribution in [3.8, 4) is 6.07 Å². The van der Waals surface area contributed by atoms with Crippen molar-refractivity contribution in [2.45, 2.75) is 6.42 Å². The molecule has 3 rings (SSSR count). The minimum absolute atomic E-state index is 0.0257. The molecule has 0 bridgehead atoms. The number of hydrogen-bond acceptors (Lipinski definition) is 3. The molecule has 0 atom stereocenters. The van der Waals surface area contributed by atoms with E-state index in [-0.39, 0.29) is 23.7 Å². The monoisotopic (exact) mass is 341 g/mol. The Kier molecular flexibility index (Phi) is 4.94. The number of benzene rings is 2. The first-order chi connectivity index (χ1) is 12.1. The minimum atomic E-state index is -0.440. The molecule has 4 nitrogen and oxygen atoms in total. The van der Waals surface area contributed by atoms with Gasteiger partial charge in [-0.15, -0.1) is 0 Å². The van der Waals surface area contributed by atoms with Gasteiger partial charge in [-0.3, -0.25) is 4.79 Å². The van der Waals surface area contributed by atoms with Crippen LogP contribution in [0, 0.1) is 23.0 Å². The molecule has 6 heteroatoms. The topological polar surface area (TPSA) is 47.3 Å². The Morgan fingerprint density at radius 2 is 1.76 bits per heavy atom. The van der Waals surface area contributed by atoms with Crippen LogP contribution in [0.1, 0.15) is 11.1 Å². The fourth-order valence-electron chi connectivity index (χ4n) is 2.95. The van der Waals surface area contributed by atoms with Gasteiger partial charge in [-0.1, -0.05) is 18.2 Å². The molecule has 1 aliphatic rings. The molecule has 0 aromatic heterocycles. The van der Waals surface area contributed by atoms with Gasteiger partial charge in [0.05, 0.1) is 23.7 Å². The Labute approximate surface area is 144 Å². The van der Waals surface area contributed by atoms with Crippen molar-refractivity contribution in [3.63, 3.8) is 0 Å². The summed E-state index contributed by atoms with van der Waals surface area (Å²) in [7, 11) is 0. The molecule has 25 heavy (non-hydrogen) atoms. The van der Waals surface area contributed by atoms with Gasteiger partial charge >= 0.3 is 0 Å². The van der Waals surface area contributed by atoms with Crippen molar-refractivity contribution in [1.82, 2.24) is 4.90 Å². The molecule has 2 aromatic carbocycles. The second-order valence-electron chi connectivity index (χ2n) is 5.91. The van der Waals surface area contributed by atoms with E-state index in [0.717, 1.165) is 0 Å². The van der Waals surface area contributed by atoms with Gasteiger partial charge in [0.25, 0.3) is 0 Å². The van der Waals surface area contributed by atoms with Gasteiger partial charge in [-0.25, -0.2) is 8.78 Å². The second-order valence-corrected chi connectivity index (χ2v) is 5.91. The van der Waals surface area contributed by atoms with Gasteiger partial charge in [0.15, 0.2) is 0 Å². The normalized spacial score (nSPS) is 14.3. The van der Waals surface area contributed by atoms with Crippen LogP contribution < -0.4 is 4.90 Å². The highest BCUT2D eigenvalue weighted by atomic mass is 19.1. The highest BCUT2D eigenvalue weighted by molar-refractivity contribution is 5.79. The predicted octanol–water partition coefficient (Wildman–Crippen LogP) is 2.73. The van der Waals surface area contributed by atoms with Gasteiger partial charge in [0, 0.05) is 26.2 Å². The highest BCUT2D eigenvalue weighted by Gasteiger charge is 2.23. The molecular weight excluding hydrogens is 324 g/mol. The smallest absolute Gasteiger partial charge is 0.227 e. The van der Waals surface area contributed by atoms with E-state index in [1.54, 1.807) is 35.2 Å². The fraction of sp³-hybridized carbons (Fsp3) is 0.263. The number of nitriles is 1. The first-order valence-corrected chi connectivity index (χ1v) is 8.04. The standard InChI is InChI=1S/C19H17F2N3O/c20-16-4-2-1-3-15(16)12-19(25)24-9-7-23(8-10-24)18-6-5-14(13-22)11-17(18)21/h1-6,11H,7-10,12H2. The molecule has 1 heterocycles. The lowest BCUT2D eigenvalue weighted by molar-refractivity contribution is -0.130. The number of hydrogen-bond donors (Lipinski definition) is 0. The summed E-state index contributed by atoms with van der Waals surface area (Å²) in [6.07, 6.45) is 0.0257. The summed E-state index contributed by atoms with van der Waals surface area (Å²) in [6, 6.07) is 12.5. The largest absolute Gasteiger partial charge is 0.366 e. The summed E-state index contributed by atoms with van der Waals surface area (Å²) in [6.45, 7) is 1.89. The SMILES string of the molecule is N#Cc1ccc(N2CCN(C(=O)Cc3ccccc3F)CC2)c(F)c1. The van der Waals surface area contributed by atoms with Crippen molar-refractivity contribution >= 4 is 11.6 Å². The lowest BCUT2D eigenvalue weighted by Gasteiger charge is -2.36. The van der Waals surface area contributed by atoms with Gasteiger partial charge in [-0.2, -0.15) is 5.26 Å². The zero-order chi connectivity index (χ0) is 17.8. The Bertz CT molecular complexity index is 824. The molecule has 0 radical (unpaired) electrons. The summed E-state index contributed by atoms with van der Waals surface area (Å²) in [5, 5.41) is 8.80. The van der Waals surface area contributed by atoms with Gasteiger partial charge in [0.2, 0.25) is 5.91 Å². The van der Waals surface area contributed by atoms with Crippen LogP contribution in [0.5, 0.6) is 0 Å². The number of halogens is 2. The van der Waals surface area contributed by atoms with Crippen molar-refractivity contribution in [2.24, 2.45) is 0 Å². The van der Waals surface area contributed by atoms with Crippen molar-refractivity contribution in [1.29, 1.82) is 5.26 Å². The molecule has 1 amide bonds. The van der Waals surface area contributed by atoms with Gasteiger partial charge in [-0.05, 0) is 29.8 Å². The van der Waals surface area contributed by atoms with E-state index >= 15 is 0 Å². The van der Waals surface area contributed by atoms with E-state index < -0.39 is 5.82 Å². The van der Waals surface area contributed by atoms with Crippen molar-refractivity contribution in [3.05, 3.63) is 65.2 Å². The lowest BCUT2D eigenvalue weighted by atomic mass is 10.1. The number of piperazine rings is 1. The molecule has 0 aliphatic carbocycles. The number of rotatable bonds is 3. The molecular formula is C19H17F2N3O. The Balaban J connectivity index is 1.61. The summed E-state index contributed by atoms with van der Waals surface area (Å²) in [5.74, 6) is -0.954. The number of anilines is 1. The molecule has 1 fully saturated rings.